The first-order valence-corrected chi connectivity index (χ1v) is 2.58. The molecule has 0 aromatic carbocycles. The van der Waals surface area contributed by atoms with E-state index in [0.717, 1.165) is 13.2 Å². The molecule has 0 N–H and O–H groups in total. The standard InChI is InChI=1S/C5H10O.HI/c1-2-4-6-5-3-1;/h1-5H2;1H. The summed E-state index contributed by atoms with van der Waals surface area (Å²) in [6.45, 7) is 2.00. The van der Waals surface area contributed by atoms with Gasteiger partial charge in [0.15, 0.2) is 0 Å². The normalized spacial score (nSPS) is 20.6. The zero-order valence-electron chi connectivity index (χ0n) is 4.35. The van der Waals surface area contributed by atoms with Crippen LogP contribution in [-0.4, -0.2) is 13.2 Å². The van der Waals surface area contributed by atoms with Crippen molar-refractivity contribution in [1.29, 1.82) is 0 Å². The van der Waals surface area contributed by atoms with E-state index in [0.29, 0.717) is 0 Å². The predicted molar refractivity (Wildman–Crippen MR) is 40.1 cm³/mol. The lowest BCUT2D eigenvalue weighted by molar-refractivity contribution is 0.0968. The molecule has 1 nitrogen and oxygen atoms in total. The first kappa shape index (κ1) is 7.69. The zero-order chi connectivity index (χ0) is 4.24. The molecule has 0 aromatic rings. The Hall–Kier alpha value is 0.690. The first-order valence-electron chi connectivity index (χ1n) is 2.58. The summed E-state index contributed by atoms with van der Waals surface area (Å²) in [4.78, 5) is 0. The van der Waals surface area contributed by atoms with Gasteiger partial charge in [-0.2, -0.15) is 0 Å². The largest absolute Gasteiger partial charge is 0.381 e. The number of hydrogen-bond donors (Lipinski definition) is 0. The molecule has 7 heavy (non-hydrogen) atoms. The monoisotopic (exact) mass is 214 g/mol. The van der Waals surface area contributed by atoms with Crippen molar-refractivity contribution in [2.75, 3.05) is 13.2 Å². The van der Waals surface area contributed by atoms with Crippen LogP contribution in [0.3, 0.4) is 0 Å². The van der Waals surface area contributed by atoms with Gasteiger partial charge in [0, 0.05) is 13.2 Å². The van der Waals surface area contributed by atoms with Gasteiger partial charge in [0.2, 0.25) is 0 Å². The first-order chi connectivity index (χ1) is 3.00. The molecule has 0 radical (unpaired) electrons. The molecule has 1 saturated heterocycles. The van der Waals surface area contributed by atoms with Gasteiger partial charge in [-0.05, 0) is 19.3 Å². The van der Waals surface area contributed by atoms with Gasteiger partial charge < -0.3 is 4.74 Å². The van der Waals surface area contributed by atoms with Crippen molar-refractivity contribution in [2.24, 2.45) is 0 Å². The van der Waals surface area contributed by atoms with Crippen LogP contribution in [-0.2, 0) is 4.74 Å². The van der Waals surface area contributed by atoms with E-state index in [2.05, 4.69) is 0 Å². The van der Waals surface area contributed by atoms with Crippen LogP contribution >= 0.6 is 24.0 Å². The van der Waals surface area contributed by atoms with Crippen molar-refractivity contribution >= 4 is 24.0 Å². The molecular weight excluding hydrogens is 203 g/mol. The molecule has 0 spiro atoms. The summed E-state index contributed by atoms with van der Waals surface area (Å²) in [5.74, 6) is 0. The highest BCUT2D eigenvalue weighted by Gasteiger charge is 1.94. The van der Waals surface area contributed by atoms with Crippen LogP contribution in [0.2, 0.25) is 0 Å². The number of hydrogen-bond acceptors (Lipinski definition) is 1. The highest BCUT2D eigenvalue weighted by molar-refractivity contribution is 14.0. The van der Waals surface area contributed by atoms with Gasteiger partial charge in [0.05, 0.1) is 0 Å². The van der Waals surface area contributed by atoms with Gasteiger partial charge >= 0.3 is 0 Å². The summed E-state index contributed by atoms with van der Waals surface area (Å²) in [6, 6.07) is 0. The van der Waals surface area contributed by atoms with Crippen molar-refractivity contribution in [1.82, 2.24) is 0 Å². The van der Waals surface area contributed by atoms with Crippen molar-refractivity contribution < 1.29 is 4.74 Å². The summed E-state index contributed by atoms with van der Waals surface area (Å²) in [5.41, 5.74) is 0. The van der Waals surface area contributed by atoms with Gasteiger partial charge in [-0.15, -0.1) is 24.0 Å². The van der Waals surface area contributed by atoms with E-state index in [9.17, 15) is 0 Å². The van der Waals surface area contributed by atoms with Gasteiger partial charge in [-0.3, -0.25) is 0 Å². The Morgan fingerprint density at radius 2 is 1.43 bits per heavy atom. The van der Waals surface area contributed by atoms with Crippen molar-refractivity contribution in [3.8, 4) is 0 Å². The summed E-state index contributed by atoms with van der Waals surface area (Å²) < 4.78 is 5.07. The molecule has 0 aromatic heterocycles. The molecule has 1 fully saturated rings. The fourth-order valence-corrected chi connectivity index (χ4v) is 0.687. The van der Waals surface area contributed by atoms with Crippen LogP contribution in [0, 0.1) is 0 Å². The second-order valence-electron chi connectivity index (χ2n) is 1.67. The Morgan fingerprint density at radius 1 is 0.857 bits per heavy atom. The second-order valence-corrected chi connectivity index (χ2v) is 1.67. The molecule has 2 heteroatoms. The molecule has 1 rings (SSSR count). The number of ether oxygens (including phenoxy) is 1. The number of halogens is 1. The Kier molecular flexibility index (Phi) is 5.32. The highest BCUT2D eigenvalue weighted by Crippen LogP contribution is 2.01. The predicted octanol–water partition coefficient (Wildman–Crippen LogP) is 1.80. The summed E-state index contributed by atoms with van der Waals surface area (Å²) >= 11 is 0. The topological polar surface area (TPSA) is 9.23 Å². The minimum absolute atomic E-state index is 0. The van der Waals surface area contributed by atoms with Crippen LogP contribution < -0.4 is 0 Å². The van der Waals surface area contributed by atoms with E-state index in [4.69, 9.17) is 4.74 Å². The van der Waals surface area contributed by atoms with Gasteiger partial charge in [0.25, 0.3) is 0 Å². The Bertz CT molecular complexity index is 23.6. The van der Waals surface area contributed by atoms with Crippen LogP contribution in [0.15, 0.2) is 0 Å². The molecular formula is C5H11IO. The molecule has 1 aliphatic rings. The average Bonchev–Trinajstić information content (AvgIpc) is 1.72. The third-order valence-electron chi connectivity index (χ3n) is 1.08. The van der Waals surface area contributed by atoms with E-state index in [1.54, 1.807) is 0 Å². The van der Waals surface area contributed by atoms with Crippen molar-refractivity contribution in [3.05, 3.63) is 0 Å². The molecule has 0 bridgehead atoms. The van der Waals surface area contributed by atoms with Crippen LogP contribution in [0.4, 0.5) is 0 Å². The van der Waals surface area contributed by atoms with E-state index < -0.39 is 0 Å². The molecule has 0 amide bonds. The summed E-state index contributed by atoms with van der Waals surface area (Å²) in [6.07, 6.45) is 3.93. The molecule has 0 unspecified atom stereocenters. The van der Waals surface area contributed by atoms with Crippen molar-refractivity contribution in [2.45, 2.75) is 19.3 Å². The lowest BCUT2D eigenvalue weighted by Crippen LogP contribution is -2.03. The Balaban J connectivity index is 0.000000360. The second kappa shape index (κ2) is 4.84. The van der Waals surface area contributed by atoms with Gasteiger partial charge in [-0.1, -0.05) is 0 Å². The molecule has 0 saturated carbocycles. The summed E-state index contributed by atoms with van der Waals surface area (Å²) in [5, 5.41) is 0. The van der Waals surface area contributed by atoms with E-state index in [1.807, 2.05) is 0 Å². The molecule has 1 aliphatic heterocycles. The molecule has 0 aliphatic carbocycles. The minimum atomic E-state index is 0. The zero-order valence-corrected chi connectivity index (χ0v) is 6.68. The van der Waals surface area contributed by atoms with E-state index in [-0.39, 0.29) is 24.0 Å². The van der Waals surface area contributed by atoms with Gasteiger partial charge in [-0.25, -0.2) is 0 Å². The molecule has 1 heterocycles. The lowest BCUT2D eigenvalue weighted by atomic mass is 10.2. The van der Waals surface area contributed by atoms with E-state index in [1.165, 1.54) is 19.3 Å². The molecule has 0 atom stereocenters. The third kappa shape index (κ3) is 3.29. The van der Waals surface area contributed by atoms with Crippen LogP contribution in [0.5, 0.6) is 0 Å². The van der Waals surface area contributed by atoms with E-state index >= 15 is 0 Å². The maximum absolute atomic E-state index is 5.07. The fraction of sp³-hybridized carbons (Fsp3) is 1.00. The Labute approximate surface area is 61.5 Å². The lowest BCUT2D eigenvalue weighted by Gasteiger charge is -2.08. The Morgan fingerprint density at radius 3 is 1.57 bits per heavy atom. The molecule has 44 valence electrons. The van der Waals surface area contributed by atoms with Crippen molar-refractivity contribution in [3.63, 3.8) is 0 Å². The maximum atomic E-state index is 5.07. The fourth-order valence-electron chi connectivity index (χ4n) is 0.687. The smallest absolute Gasteiger partial charge is 0.0466 e. The SMILES string of the molecule is C1CCOCC1.I. The quantitative estimate of drug-likeness (QED) is 0.558. The maximum Gasteiger partial charge on any atom is 0.0466 e. The number of rotatable bonds is 0. The third-order valence-corrected chi connectivity index (χ3v) is 1.08. The summed E-state index contributed by atoms with van der Waals surface area (Å²) in [7, 11) is 0. The highest BCUT2D eigenvalue weighted by atomic mass is 127. The van der Waals surface area contributed by atoms with Crippen LogP contribution in [0.25, 0.3) is 0 Å². The van der Waals surface area contributed by atoms with Gasteiger partial charge in [0.1, 0.15) is 0 Å². The van der Waals surface area contributed by atoms with Crippen LogP contribution in [0.1, 0.15) is 19.3 Å². The minimum Gasteiger partial charge on any atom is -0.381 e. The average molecular weight is 214 g/mol.